The molecule has 0 spiro atoms. The second-order valence-electron chi connectivity index (χ2n) is 8.62. The van der Waals surface area contributed by atoms with Crippen LogP contribution in [0.5, 0.6) is 5.75 Å². The summed E-state index contributed by atoms with van der Waals surface area (Å²) in [6, 6.07) is 12.0. The minimum Gasteiger partial charge on any atom is -0.406 e. The summed E-state index contributed by atoms with van der Waals surface area (Å²) in [6.45, 7) is 5.34. The molecule has 1 heterocycles. The molecule has 3 rings (SSSR count). The first kappa shape index (κ1) is 26.6. The van der Waals surface area contributed by atoms with Crippen LogP contribution in [0.3, 0.4) is 0 Å². The van der Waals surface area contributed by atoms with E-state index in [1.807, 2.05) is 37.1 Å². The first-order valence-electron chi connectivity index (χ1n) is 11.4. The van der Waals surface area contributed by atoms with E-state index in [0.717, 1.165) is 55.1 Å². The molecule has 0 aromatic heterocycles. The largest absolute Gasteiger partial charge is 0.573 e. The summed E-state index contributed by atoms with van der Waals surface area (Å²) in [6.07, 6.45) is 0.190. The van der Waals surface area contributed by atoms with E-state index in [4.69, 9.17) is 11.6 Å². The van der Waals surface area contributed by atoms with Gasteiger partial charge in [0.25, 0.3) is 0 Å². The summed E-state index contributed by atoms with van der Waals surface area (Å²) in [5.74, 6) is 0.989. The lowest BCUT2D eigenvalue weighted by molar-refractivity contribution is -0.274. The van der Waals surface area contributed by atoms with Gasteiger partial charge in [0.1, 0.15) is 17.9 Å². The number of carbonyl (C=O) groups excluding carboxylic acids is 1. The predicted octanol–water partition coefficient (Wildman–Crippen LogP) is 6.66. The predicted molar refractivity (Wildman–Crippen MR) is 135 cm³/mol. The molecule has 0 radical (unpaired) electrons. The van der Waals surface area contributed by atoms with Gasteiger partial charge in [-0.05, 0) is 81.0 Å². The summed E-state index contributed by atoms with van der Waals surface area (Å²) in [5, 5.41) is 0.654. The minimum atomic E-state index is -4.68. The average Bonchev–Trinajstić information content (AvgIpc) is 2.79. The van der Waals surface area contributed by atoms with Gasteiger partial charge < -0.3 is 14.5 Å². The normalized spacial score (nSPS) is 15.8. The van der Waals surface area contributed by atoms with Crippen molar-refractivity contribution in [3.8, 4) is 5.75 Å². The van der Waals surface area contributed by atoms with Gasteiger partial charge in [0.2, 0.25) is 0 Å². The van der Waals surface area contributed by atoms with Gasteiger partial charge in [-0.15, -0.1) is 13.2 Å². The molecule has 1 fully saturated rings. The highest BCUT2D eigenvalue weighted by molar-refractivity contribution is 6.33. The minimum absolute atomic E-state index is 0.200. The van der Waals surface area contributed by atoms with Crippen molar-refractivity contribution < 1.29 is 22.7 Å². The van der Waals surface area contributed by atoms with E-state index in [-0.39, 0.29) is 5.75 Å². The Hall–Kier alpha value is -3.00. The third-order valence-electron chi connectivity index (χ3n) is 6.09. The first-order valence-corrected chi connectivity index (χ1v) is 11.7. The number of alkyl halides is 3. The number of nitrogens with zero attached hydrogens (tertiary/aromatic N) is 3. The van der Waals surface area contributed by atoms with Gasteiger partial charge in [0.15, 0.2) is 0 Å². The molecule has 0 unspecified atom stereocenters. The van der Waals surface area contributed by atoms with Crippen molar-refractivity contribution >= 4 is 35.1 Å². The fourth-order valence-electron chi connectivity index (χ4n) is 4.15. The number of benzene rings is 2. The molecule has 188 valence electrons. The molecule has 0 N–H and O–H groups in total. The number of rotatable bonds is 7. The van der Waals surface area contributed by atoms with E-state index in [9.17, 15) is 18.0 Å². The van der Waals surface area contributed by atoms with Gasteiger partial charge in [-0.25, -0.2) is 4.99 Å². The van der Waals surface area contributed by atoms with E-state index in [2.05, 4.69) is 14.6 Å². The molecular weight excluding hydrogens is 479 g/mol. The van der Waals surface area contributed by atoms with Crippen LogP contribution in [-0.4, -0.2) is 38.6 Å². The number of ether oxygens (including phenoxy) is 1. The zero-order chi connectivity index (χ0) is 25.6. The number of aliphatic imine (C=N–C) groups is 1. The second kappa shape index (κ2) is 11.6. The summed E-state index contributed by atoms with van der Waals surface area (Å²) in [4.78, 5) is 19.2. The van der Waals surface area contributed by atoms with Crippen LogP contribution in [0.25, 0.3) is 0 Å². The van der Waals surface area contributed by atoms with Crippen molar-refractivity contribution in [3.05, 3.63) is 64.8 Å². The quantitative estimate of drug-likeness (QED) is 0.182. The van der Waals surface area contributed by atoms with Crippen LogP contribution >= 0.6 is 11.6 Å². The van der Waals surface area contributed by atoms with Crippen LogP contribution < -0.4 is 14.5 Å². The van der Waals surface area contributed by atoms with Gasteiger partial charge in [-0.2, -0.15) is 0 Å². The number of piperidine rings is 1. The van der Waals surface area contributed by atoms with Gasteiger partial charge in [-0.1, -0.05) is 23.7 Å². The number of amidine groups is 1. The number of aldehydes is 1. The molecule has 2 aromatic rings. The number of allylic oxidation sites excluding steroid dienone is 2. The Morgan fingerprint density at radius 2 is 1.83 bits per heavy atom. The van der Waals surface area contributed by atoms with E-state index in [0.29, 0.717) is 22.9 Å². The Morgan fingerprint density at radius 1 is 1.17 bits per heavy atom. The fraction of sp³-hybridized carbons (Fsp3) is 0.385. The van der Waals surface area contributed by atoms with E-state index >= 15 is 0 Å². The Labute approximate surface area is 208 Å². The van der Waals surface area contributed by atoms with Crippen LogP contribution in [0, 0.1) is 5.92 Å². The van der Waals surface area contributed by atoms with Crippen LogP contribution in [-0.2, 0) is 11.2 Å². The van der Waals surface area contributed by atoms with Crippen LogP contribution in [0.15, 0.2) is 59.2 Å². The molecule has 1 saturated heterocycles. The Bertz CT molecular complexity index is 1080. The van der Waals surface area contributed by atoms with E-state index < -0.39 is 6.36 Å². The highest BCUT2D eigenvalue weighted by atomic mass is 35.5. The van der Waals surface area contributed by atoms with Crippen molar-refractivity contribution in [2.24, 2.45) is 10.9 Å². The summed E-state index contributed by atoms with van der Waals surface area (Å²) in [5.41, 5.74) is 3.49. The smallest absolute Gasteiger partial charge is 0.406 e. The molecule has 0 atom stereocenters. The monoisotopic (exact) mass is 507 g/mol. The lowest BCUT2D eigenvalue weighted by Gasteiger charge is -2.34. The van der Waals surface area contributed by atoms with E-state index in [1.54, 1.807) is 19.1 Å². The number of hydrogen-bond donors (Lipinski definition) is 0. The SMILES string of the molecule is CC(=N/C(C)=C\C=O)N(C)c1ccc(N2CCC(Cc3ccc(OC(F)(F)F)cc3)CC2)c(Cl)c1. The zero-order valence-electron chi connectivity index (χ0n) is 20.0. The standard InChI is InChI=1S/C26H29ClF3N3O2/c1-18(12-15-34)31-19(2)32(3)22-6-9-25(24(27)17-22)33-13-10-21(11-14-33)16-20-4-7-23(8-5-20)35-26(28,29)30/h4-9,12,15,17,21H,10-11,13-14,16H2,1-3H3/b18-12-,31-19?. The van der Waals surface area contributed by atoms with Crippen molar-refractivity contribution in [2.45, 2.75) is 39.5 Å². The van der Waals surface area contributed by atoms with Crippen molar-refractivity contribution in [1.82, 2.24) is 0 Å². The Kier molecular flexibility index (Phi) is 8.83. The van der Waals surface area contributed by atoms with Crippen LogP contribution in [0.4, 0.5) is 24.5 Å². The zero-order valence-corrected chi connectivity index (χ0v) is 20.7. The average molecular weight is 508 g/mol. The highest BCUT2D eigenvalue weighted by Gasteiger charge is 2.31. The Morgan fingerprint density at radius 3 is 2.40 bits per heavy atom. The molecule has 0 bridgehead atoms. The fourth-order valence-corrected chi connectivity index (χ4v) is 4.45. The number of halogens is 4. The van der Waals surface area contributed by atoms with Gasteiger partial charge >= 0.3 is 6.36 Å². The van der Waals surface area contributed by atoms with E-state index in [1.165, 1.54) is 18.2 Å². The first-order chi connectivity index (χ1) is 16.6. The van der Waals surface area contributed by atoms with Crippen molar-refractivity contribution in [3.63, 3.8) is 0 Å². The molecular formula is C26H29ClF3N3O2. The number of hydrogen-bond acceptors (Lipinski definition) is 4. The lowest BCUT2D eigenvalue weighted by atomic mass is 9.90. The third-order valence-corrected chi connectivity index (χ3v) is 6.39. The maximum absolute atomic E-state index is 12.3. The summed E-state index contributed by atoms with van der Waals surface area (Å²) < 4.78 is 40.9. The van der Waals surface area contributed by atoms with Gasteiger partial charge in [0, 0.05) is 31.5 Å². The molecule has 0 amide bonds. The van der Waals surface area contributed by atoms with Gasteiger partial charge in [0.05, 0.1) is 10.7 Å². The molecule has 9 heteroatoms. The number of carbonyl (C=O) groups is 1. The molecule has 1 aliphatic heterocycles. The van der Waals surface area contributed by atoms with Crippen molar-refractivity contribution in [1.29, 1.82) is 0 Å². The third kappa shape index (κ3) is 7.75. The second-order valence-corrected chi connectivity index (χ2v) is 9.03. The van der Waals surface area contributed by atoms with Gasteiger partial charge in [-0.3, -0.25) is 4.79 Å². The lowest BCUT2D eigenvalue weighted by Crippen LogP contribution is -2.34. The Balaban J connectivity index is 1.57. The molecule has 0 saturated carbocycles. The summed E-state index contributed by atoms with van der Waals surface area (Å²) >= 11 is 6.64. The molecule has 1 aliphatic rings. The van der Waals surface area contributed by atoms with Crippen LogP contribution in [0.2, 0.25) is 5.02 Å². The highest BCUT2D eigenvalue weighted by Crippen LogP contribution is 2.34. The topological polar surface area (TPSA) is 45.1 Å². The van der Waals surface area contributed by atoms with Crippen LogP contribution in [0.1, 0.15) is 32.3 Å². The summed E-state index contributed by atoms with van der Waals surface area (Å²) in [7, 11) is 1.89. The molecule has 5 nitrogen and oxygen atoms in total. The molecule has 35 heavy (non-hydrogen) atoms. The maximum atomic E-state index is 12.3. The molecule has 0 aliphatic carbocycles. The van der Waals surface area contributed by atoms with Crippen molar-refractivity contribution in [2.75, 3.05) is 29.9 Å². The molecule has 2 aromatic carbocycles. The maximum Gasteiger partial charge on any atom is 0.573 e. The number of anilines is 2.